The van der Waals surface area contributed by atoms with E-state index in [4.69, 9.17) is 37.4 Å². The lowest BCUT2D eigenvalue weighted by molar-refractivity contribution is 0.0162. The number of ether oxygens (including phenoxy) is 3. The van der Waals surface area contributed by atoms with Gasteiger partial charge in [-0.25, -0.2) is 13.1 Å². The third kappa shape index (κ3) is 11.0. The van der Waals surface area contributed by atoms with Gasteiger partial charge < -0.3 is 29.7 Å². The highest BCUT2D eigenvalue weighted by Crippen LogP contribution is 2.38. The summed E-state index contributed by atoms with van der Waals surface area (Å²) in [4.78, 5) is 26.4. The second-order valence-corrected chi connectivity index (χ2v) is 13.8. The summed E-state index contributed by atoms with van der Waals surface area (Å²) in [5, 5.41) is 6.69. The van der Waals surface area contributed by atoms with Crippen molar-refractivity contribution in [1.82, 2.24) is 20.3 Å². The fourth-order valence-electron chi connectivity index (χ4n) is 5.26. The number of likely N-dealkylation sites (N-methyl/N-ethyl adjacent to an activating group) is 1. The Labute approximate surface area is 292 Å². The maximum Gasteiger partial charge on any atom is 0.251 e. The summed E-state index contributed by atoms with van der Waals surface area (Å²) in [6.07, 6.45) is 0. The van der Waals surface area contributed by atoms with Crippen molar-refractivity contribution in [2.45, 2.75) is 24.3 Å². The lowest BCUT2D eigenvalue weighted by Crippen LogP contribution is -2.31. The minimum atomic E-state index is -3.70. The molecule has 260 valence electrons. The quantitative estimate of drug-likeness (QED) is 0.168. The van der Waals surface area contributed by atoms with Gasteiger partial charge in [0.2, 0.25) is 10.0 Å². The molecule has 0 fully saturated rings. The molecule has 3 N–H and O–H groups in total. The van der Waals surface area contributed by atoms with Gasteiger partial charge in [-0.1, -0.05) is 35.3 Å². The number of fused-ring (bicyclic) bond motifs is 1. The van der Waals surface area contributed by atoms with E-state index in [1.807, 2.05) is 32.2 Å². The maximum atomic E-state index is 12.8. The number of benzene rings is 3. The van der Waals surface area contributed by atoms with Crippen LogP contribution >= 0.6 is 23.2 Å². The summed E-state index contributed by atoms with van der Waals surface area (Å²) >= 11 is 12.8. The number of nitrogens with zero attached hydrogens (tertiary/aromatic N) is 1. The number of carbonyl (C=O) groups excluding carboxylic acids is 2. The van der Waals surface area contributed by atoms with Gasteiger partial charge in [0.15, 0.2) is 0 Å². The molecule has 0 unspecified atom stereocenters. The summed E-state index contributed by atoms with van der Waals surface area (Å²) in [5.41, 5.74) is 4.04. The van der Waals surface area contributed by atoms with Crippen LogP contribution in [0.2, 0.25) is 10.0 Å². The Morgan fingerprint density at radius 2 is 1.38 bits per heavy atom. The topological polar surface area (TPSA) is 135 Å². The first-order chi connectivity index (χ1) is 23.1. The van der Waals surface area contributed by atoms with Crippen molar-refractivity contribution >= 4 is 45.0 Å². The van der Waals surface area contributed by atoms with Crippen LogP contribution in [-0.4, -0.2) is 98.0 Å². The van der Waals surface area contributed by atoms with E-state index in [1.165, 1.54) is 0 Å². The van der Waals surface area contributed by atoms with Crippen LogP contribution in [0.25, 0.3) is 0 Å². The van der Waals surface area contributed by atoms with Gasteiger partial charge in [0, 0.05) is 59.8 Å². The zero-order valence-corrected chi connectivity index (χ0v) is 29.4. The van der Waals surface area contributed by atoms with Gasteiger partial charge in [-0.2, -0.15) is 0 Å². The van der Waals surface area contributed by atoms with Crippen LogP contribution in [-0.2, 0) is 30.8 Å². The van der Waals surface area contributed by atoms with Gasteiger partial charge in [-0.05, 0) is 79.2 Å². The first-order valence-electron chi connectivity index (χ1n) is 15.7. The van der Waals surface area contributed by atoms with Crippen molar-refractivity contribution in [3.8, 4) is 0 Å². The van der Waals surface area contributed by atoms with E-state index in [9.17, 15) is 18.0 Å². The monoisotopic (exact) mass is 720 g/mol. The Hall–Kier alpha value is -3.07. The zero-order chi connectivity index (χ0) is 34.5. The molecule has 1 aliphatic rings. The molecule has 0 radical (unpaired) electrons. The van der Waals surface area contributed by atoms with E-state index in [1.54, 1.807) is 42.5 Å². The molecule has 4 rings (SSSR count). The van der Waals surface area contributed by atoms with Crippen molar-refractivity contribution in [1.29, 1.82) is 0 Å². The fraction of sp³-hybridized carbons (Fsp3) is 0.412. The van der Waals surface area contributed by atoms with Crippen LogP contribution in [0.15, 0.2) is 65.6 Å². The smallest absolute Gasteiger partial charge is 0.251 e. The van der Waals surface area contributed by atoms with Crippen LogP contribution in [0.5, 0.6) is 0 Å². The molecule has 0 saturated carbocycles. The lowest BCUT2D eigenvalue weighted by Gasteiger charge is -2.33. The molecule has 3 aromatic rings. The minimum absolute atomic E-state index is 0.0208. The highest BCUT2D eigenvalue weighted by atomic mass is 35.5. The van der Waals surface area contributed by atoms with E-state index < -0.39 is 10.0 Å². The molecule has 0 aliphatic carbocycles. The average molecular weight is 722 g/mol. The number of amides is 2. The van der Waals surface area contributed by atoms with Crippen LogP contribution in [0.3, 0.4) is 0 Å². The average Bonchev–Trinajstić information content (AvgIpc) is 3.07. The van der Waals surface area contributed by atoms with Crippen molar-refractivity contribution in [2.24, 2.45) is 0 Å². The molecule has 48 heavy (non-hydrogen) atoms. The highest BCUT2D eigenvalue weighted by Gasteiger charge is 2.27. The van der Waals surface area contributed by atoms with E-state index in [0.717, 1.165) is 29.8 Å². The molecule has 2 amide bonds. The number of rotatable bonds is 18. The van der Waals surface area contributed by atoms with E-state index in [0.29, 0.717) is 67.3 Å². The van der Waals surface area contributed by atoms with Crippen LogP contribution in [0.1, 0.15) is 50.2 Å². The summed E-state index contributed by atoms with van der Waals surface area (Å²) in [6, 6.07) is 17.0. The van der Waals surface area contributed by atoms with Crippen LogP contribution < -0.4 is 15.4 Å². The van der Waals surface area contributed by atoms with Gasteiger partial charge in [-0.15, -0.1) is 0 Å². The van der Waals surface area contributed by atoms with Gasteiger partial charge in [-0.3, -0.25) is 9.59 Å². The second kappa shape index (κ2) is 18.6. The third-order valence-electron chi connectivity index (χ3n) is 7.65. The molecular formula is C34H42Cl2N4O7S. The SMILES string of the molecule is CCNC(=O)c1ccc(C(=O)NCCOCCOCCOCCNS(=O)(=O)c2ccc([C@@H]3CN(C)Cc4c(Cl)cc(Cl)cc43)cc2)cc1. The molecule has 1 heterocycles. The Bertz CT molecular complexity index is 1620. The summed E-state index contributed by atoms with van der Waals surface area (Å²) in [6.45, 7) is 6.16. The van der Waals surface area contributed by atoms with Crippen LogP contribution in [0.4, 0.5) is 0 Å². The first-order valence-corrected chi connectivity index (χ1v) is 18.0. The lowest BCUT2D eigenvalue weighted by atomic mass is 9.85. The number of nitrogens with one attached hydrogen (secondary N) is 3. The molecule has 1 atom stereocenters. The van der Waals surface area contributed by atoms with E-state index in [2.05, 4.69) is 20.3 Å². The molecule has 0 saturated heterocycles. The van der Waals surface area contributed by atoms with Crippen molar-refractivity contribution in [3.63, 3.8) is 0 Å². The molecule has 0 aromatic heterocycles. The minimum Gasteiger partial charge on any atom is -0.378 e. The number of hydrogen-bond acceptors (Lipinski definition) is 8. The van der Waals surface area contributed by atoms with Crippen molar-refractivity contribution in [3.05, 3.63) is 98.5 Å². The maximum absolute atomic E-state index is 12.8. The Balaban J connectivity index is 1.05. The van der Waals surface area contributed by atoms with Crippen molar-refractivity contribution in [2.75, 3.05) is 72.9 Å². The standard InChI is InChI=1S/C34H42Cl2N4O7S/c1-3-37-33(41)25-4-6-26(7-5-25)34(42)38-12-14-45-16-18-47-19-17-46-15-13-39-48(43,44)28-10-8-24(9-11-28)30-22-40(2)23-31-29(30)20-27(35)21-32(31)36/h4-11,20-21,30,39H,3,12-19,22-23H2,1-2H3,(H,37,41)(H,38,42)/t30-/m0/s1. The molecule has 14 heteroatoms. The summed E-state index contributed by atoms with van der Waals surface area (Å²) in [7, 11) is -1.68. The Kier molecular flexibility index (Phi) is 14.6. The number of carbonyl (C=O) groups is 2. The first kappa shape index (κ1) is 37.7. The highest BCUT2D eigenvalue weighted by molar-refractivity contribution is 7.89. The van der Waals surface area contributed by atoms with Crippen molar-refractivity contribution < 1.29 is 32.2 Å². The van der Waals surface area contributed by atoms with Gasteiger partial charge in [0.05, 0.1) is 44.5 Å². The fourth-order valence-corrected chi connectivity index (χ4v) is 6.84. The normalized spacial score (nSPS) is 14.8. The molecule has 11 nitrogen and oxygen atoms in total. The number of sulfonamides is 1. The van der Waals surface area contributed by atoms with E-state index >= 15 is 0 Å². The van der Waals surface area contributed by atoms with Crippen LogP contribution in [0, 0.1) is 0 Å². The molecule has 1 aliphatic heterocycles. The predicted octanol–water partition coefficient (Wildman–Crippen LogP) is 4.08. The number of hydrogen-bond donors (Lipinski definition) is 3. The molecular weight excluding hydrogens is 679 g/mol. The third-order valence-corrected chi connectivity index (χ3v) is 9.68. The molecule has 0 spiro atoms. The Morgan fingerprint density at radius 1 is 0.812 bits per heavy atom. The number of halogens is 2. The molecule has 3 aromatic carbocycles. The molecule has 0 bridgehead atoms. The largest absolute Gasteiger partial charge is 0.378 e. The van der Waals surface area contributed by atoms with E-state index in [-0.39, 0.29) is 35.8 Å². The van der Waals surface area contributed by atoms with Gasteiger partial charge in [0.25, 0.3) is 11.8 Å². The van der Waals surface area contributed by atoms with Gasteiger partial charge in [0.1, 0.15) is 0 Å². The second-order valence-electron chi connectivity index (χ2n) is 11.2. The van der Waals surface area contributed by atoms with Gasteiger partial charge >= 0.3 is 0 Å². The summed E-state index contributed by atoms with van der Waals surface area (Å²) < 4.78 is 44.6. The Morgan fingerprint density at radius 3 is 1.98 bits per heavy atom. The predicted molar refractivity (Wildman–Crippen MR) is 186 cm³/mol. The summed E-state index contributed by atoms with van der Waals surface area (Å²) in [5.74, 6) is -0.407. The zero-order valence-electron chi connectivity index (χ0n) is 27.1.